The van der Waals surface area contributed by atoms with E-state index in [4.69, 9.17) is 4.74 Å². The fraction of sp³-hybridized carbons (Fsp3) is 0.350. The fourth-order valence-corrected chi connectivity index (χ4v) is 3.71. The maximum absolute atomic E-state index is 13.0. The number of benzene rings is 1. The second-order valence-electron chi connectivity index (χ2n) is 6.91. The van der Waals surface area contributed by atoms with E-state index in [1.807, 2.05) is 51.2 Å². The summed E-state index contributed by atoms with van der Waals surface area (Å²) in [6.07, 6.45) is 0.732. The van der Waals surface area contributed by atoms with E-state index in [0.717, 1.165) is 46.0 Å². The van der Waals surface area contributed by atoms with Gasteiger partial charge in [0.05, 0.1) is 12.8 Å². The molecular formula is C20H23N5O2. The van der Waals surface area contributed by atoms with Crippen LogP contribution in [0.1, 0.15) is 17.8 Å². The molecule has 1 amide bonds. The van der Waals surface area contributed by atoms with Crippen LogP contribution >= 0.6 is 0 Å². The van der Waals surface area contributed by atoms with E-state index in [9.17, 15) is 4.79 Å². The van der Waals surface area contributed by atoms with Crippen LogP contribution in [-0.2, 0) is 11.8 Å². The van der Waals surface area contributed by atoms with Gasteiger partial charge in [-0.2, -0.15) is 5.10 Å². The molecule has 1 aliphatic rings. The summed E-state index contributed by atoms with van der Waals surface area (Å²) < 4.78 is 7.20. The lowest BCUT2D eigenvalue weighted by atomic mass is 10.1. The minimum atomic E-state index is -0.281. The normalized spacial score (nSPS) is 17.0. The van der Waals surface area contributed by atoms with E-state index < -0.39 is 0 Å². The number of nitrogens with one attached hydrogen (secondary N) is 1. The van der Waals surface area contributed by atoms with Gasteiger partial charge in [0.2, 0.25) is 0 Å². The third-order valence-electron chi connectivity index (χ3n) is 4.94. The molecule has 1 aromatic carbocycles. The maximum atomic E-state index is 13.0. The smallest absolute Gasteiger partial charge is 0.250 e. The molecule has 0 radical (unpaired) electrons. The second-order valence-corrected chi connectivity index (χ2v) is 6.91. The number of hydrogen-bond acceptors (Lipinski definition) is 5. The molecule has 3 aromatic rings. The summed E-state index contributed by atoms with van der Waals surface area (Å²) in [6, 6.07) is 9.46. The van der Waals surface area contributed by atoms with Crippen molar-refractivity contribution in [3.8, 4) is 5.75 Å². The highest BCUT2D eigenvalue weighted by molar-refractivity contribution is 6.02. The number of ether oxygens (including phenoxy) is 1. The van der Waals surface area contributed by atoms with Gasteiger partial charge in [-0.1, -0.05) is 12.1 Å². The minimum Gasteiger partial charge on any atom is -0.494 e. The largest absolute Gasteiger partial charge is 0.494 e. The quantitative estimate of drug-likeness (QED) is 0.770. The average molecular weight is 365 g/mol. The SMILES string of the molecule is COc1cccc2c(NC3CCN(c4cc(C)nn4C)C3=O)cc(C)nc12. The number of anilines is 2. The first-order chi connectivity index (χ1) is 13.0. The maximum Gasteiger partial charge on any atom is 0.250 e. The molecule has 1 N–H and O–H groups in total. The van der Waals surface area contributed by atoms with Gasteiger partial charge in [0.1, 0.15) is 23.1 Å². The number of rotatable bonds is 4. The molecule has 1 saturated heterocycles. The highest BCUT2D eigenvalue weighted by Crippen LogP contribution is 2.32. The number of carbonyl (C=O) groups excluding carboxylic acids is 1. The summed E-state index contributed by atoms with van der Waals surface area (Å²) in [6.45, 7) is 4.54. The number of hydrogen-bond donors (Lipinski definition) is 1. The van der Waals surface area contributed by atoms with E-state index in [2.05, 4.69) is 15.4 Å². The molecule has 27 heavy (non-hydrogen) atoms. The van der Waals surface area contributed by atoms with Crippen LogP contribution in [0.4, 0.5) is 11.5 Å². The van der Waals surface area contributed by atoms with Crippen LogP contribution in [0, 0.1) is 13.8 Å². The number of amides is 1. The number of pyridine rings is 1. The van der Waals surface area contributed by atoms with Gasteiger partial charge in [-0.3, -0.25) is 14.4 Å². The van der Waals surface area contributed by atoms with Crippen LogP contribution < -0.4 is 15.0 Å². The number of nitrogens with zero attached hydrogens (tertiary/aromatic N) is 4. The van der Waals surface area contributed by atoms with Gasteiger partial charge in [-0.15, -0.1) is 0 Å². The molecule has 0 spiro atoms. The van der Waals surface area contributed by atoms with Gasteiger partial charge in [0.25, 0.3) is 5.91 Å². The lowest BCUT2D eigenvalue weighted by Crippen LogP contribution is -2.34. The standard InChI is InChI=1S/C20H23N5O2/c1-12-10-16(14-6-5-7-17(27-4)19(14)21-12)22-15-8-9-25(20(15)26)18-11-13(2)23-24(18)3/h5-7,10-11,15H,8-9H2,1-4H3,(H,21,22). The Labute approximate surface area is 157 Å². The Morgan fingerprint density at radius 3 is 2.74 bits per heavy atom. The van der Waals surface area contributed by atoms with Crippen LogP contribution in [0.5, 0.6) is 5.75 Å². The molecule has 7 nitrogen and oxygen atoms in total. The highest BCUT2D eigenvalue weighted by atomic mass is 16.5. The molecule has 1 aliphatic heterocycles. The lowest BCUT2D eigenvalue weighted by Gasteiger charge is -2.18. The van der Waals surface area contributed by atoms with Crippen LogP contribution in [0.25, 0.3) is 10.9 Å². The number of aromatic nitrogens is 3. The zero-order chi connectivity index (χ0) is 19.1. The molecule has 4 rings (SSSR count). The molecule has 1 unspecified atom stereocenters. The highest BCUT2D eigenvalue weighted by Gasteiger charge is 2.34. The van der Waals surface area contributed by atoms with Gasteiger partial charge >= 0.3 is 0 Å². The molecule has 140 valence electrons. The third-order valence-corrected chi connectivity index (χ3v) is 4.94. The van der Waals surface area contributed by atoms with Gasteiger partial charge in [0, 0.05) is 36.4 Å². The van der Waals surface area contributed by atoms with Crippen LogP contribution in [-0.4, -0.2) is 40.4 Å². The van der Waals surface area contributed by atoms with Crippen molar-refractivity contribution in [1.29, 1.82) is 0 Å². The van der Waals surface area contributed by atoms with Gasteiger partial charge in [0.15, 0.2) is 0 Å². The van der Waals surface area contributed by atoms with Crippen molar-refractivity contribution in [2.45, 2.75) is 26.3 Å². The first-order valence-electron chi connectivity index (χ1n) is 9.01. The molecule has 1 atom stereocenters. The summed E-state index contributed by atoms with van der Waals surface area (Å²) in [5, 5.41) is 8.73. The van der Waals surface area contributed by atoms with Crippen molar-refractivity contribution < 1.29 is 9.53 Å². The number of fused-ring (bicyclic) bond motifs is 1. The van der Waals surface area contributed by atoms with Gasteiger partial charge < -0.3 is 10.1 Å². The average Bonchev–Trinajstić information content (AvgIpc) is 3.16. The van der Waals surface area contributed by atoms with Crippen LogP contribution in [0.3, 0.4) is 0 Å². The number of aryl methyl sites for hydroxylation is 3. The zero-order valence-corrected chi connectivity index (χ0v) is 16.0. The number of carbonyl (C=O) groups is 1. The Morgan fingerprint density at radius 2 is 2.04 bits per heavy atom. The van der Waals surface area contributed by atoms with Crippen molar-refractivity contribution in [1.82, 2.24) is 14.8 Å². The van der Waals surface area contributed by atoms with E-state index in [0.29, 0.717) is 6.54 Å². The Morgan fingerprint density at radius 1 is 1.22 bits per heavy atom. The van der Waals surface area contributed by atoms with Crippen molar-refractivity contribution in [2.24, 2.45) is 7.05 Å². The summed E-state index contributed by atoms with van der Waals surface area (Å²) >= 11 is 0. The second kappa shape index (κ2) is 6.57. The van der Waals surface area contributed by atoms with E-state index >= 15 is 0 Å². The molecular weight excluding hydrogens is 342 g/mol. The Balaban J connectivity index is 1.65. The third kappa shape index (κ3) is 2.99. The summed E-state index contributed by atoms with van der Waals surface area (Å²) in [5.74, 6) is 1.62. The summed E-state index contributed by atoms with van der Waals surface area (Å²) in [5.41, 5.74) is 3.48. The molecule has 0 saturated carbocycles. The Hall–Kier alpha value is -3.09. The molecule has 0 bridgehead atoms. The van der Waals surface area contributed by atoms with Crippen molar-refractivity contribution in [2.75, 3.05) is 23.9 Å². The molecule has 1 fully saturated rings. The minimum absolute atomic E-state index is 0.0588. The molecule has 2 aromatic heterocycles. The van der Waals surface area contributed by atoms with Crippen LogP contribution in [0.2, 0.25) is 0 Å². The van der Waals surface area contributed by atoms with E-state index in [1.165, 1.54) is 0 Å². The number of methoxy groups -OCH3 is 1. The van der Waals surface area contributed by atoms with Crippen molar-refractivity contribution >= 4 is 28.3 Å². The monoisotopic (exact) mass is 365 g/mol. The van der Waals surface area contributed by atoms with E-state index in [-0.39, 0.29) is 11.9 Å². The summed E-state index contributed by atoms with van der Waals surface area (Å²) in [4.78, 5) is 19.4. The fourth-order valence-electron chi connectivity index (χ4n) is 3.71. The van der Waals surface area contributed by atoms with Gasteiger partial charge in [-0.25, -0.2) is 4.98 Å². The zero-order valence-electron chi connectivity index (χ0n) is 16.0. The predicted octanol–water partition coefficient (Wildman–Crippen LogP) is 2.81. The Kier molecular flexibility index (Phi) is 4.22. The van der Waals surface area contributed by atoms with Crippen LogP contribution in [0.15, 0.2) is 30.3 Å². The van der Waals surface area contributed by atoms with Crippen molar-refractivity contribution in [3.05, 3.63) is 41.7 Å². The first-order valence-corrected chi connectivity index (χ1v) is 9.01. The lowest BCUT2D eigenvalue weighted by molar-refractivity contribution is -0.117. The Bertz CT molecular complexity index is 1030. The number of para-hydroxylation sites is 1. The molecule has 7 heteroatoms. The van der Waals surface area contributed by atoms with E-state index in [1.54, 1.807) is 16.7 Å². The van der Waals surface area contributed by atoms with Gasteiger partial charge in [-0.05, 0) is 32.4 Å². The first kappa shape index (κ1) is 17.3. The molecule has 3 heterocycles. The summed E-state index contributed by atoms with van der Waals surface area (Å²) in [7, 11) is 3.50. The molecule has 0 aliphatic carbocycles. The topological polar surface area (TPSA) is 72.3 Å². The van der Waals surface area contributed by atoms with Crippen molar-refractivity contribution in [3.63, 3.8) is 0 Å². The predicted molar refractivity (Wildman–Crippen MR) is 105 cm³/mol.